The van der Waals surface area contributed by atoms with Gasteiger partial charge in [0.2, 0.25) is 5.91 Å². The maximum atomic E-state index is 13.1. The minimum atomic E-state index is -0.244. The molecule has 0 radical (unpaired) electrons. The molecule has 0 aliphatic carbocycles. The zero-order valence-electron chi connectivity index (χ0n) is 19.9. The summed E-state index contributed by atoms with van der Waals surface area (Å²) in [6.45, 7) is 8.27. The average Bonchev–Trinajstić information content (AvgIpc) is 3.59. The van der Waals surface area contributed by atoms with Crippen molar-refractivity contribution in [2.45, 2.75) is 26.3 Å². The summed E-state index contributed by atoms with van der Waals surface area (Å²) in [6, 6.07) is 3.55. The Morgan fingerprint density at radius 2 is 2.08 bits per heavy atom. The number of carbonyl (C=O) groups excluding carboxylic acids is 2. The number of hydrogen-bond donors (Lipinski definition) is 1. The molecule has 0 spiro atoms. The number of amides is 1. The highest BCUT2D eigenvalue weighted by Gasteiger charge is 2.31. The summed E-state index contributed by atoms with van der Waals surface area (Å²) < 4.78 is 3.45. The number of hydrogen-bond acceptors (Lipinski definition) is 6. The number of fused-ring (bicyclic) bond motifs is 2. The van der Waals surface area contributed by atoms with Crippen molar-refractivity contribution in [1.29, 1.82) is 0 Å². The topological polar surface area (TPSA) is 111 Å². The summed E-state index contributed by atoms with van der Waals surface area (Å²) >= 11 is 6.14. The van der Waals surface area contributed by atoms with Crippen LogP contribution in [-0.2, 0) is 4.79 Å². The Morgan fingerprint density at radius 3 is 2.83 bits per heavy atom. The van der Waals surface area contributed by atoms with E-state index < -0.39 is 0 Å². The number of Topliss-reactive ketones (excluding diaryl/α,β-unsaturated/α-hetero) is 1. The minimum Gasteiger partial charge on any atom is -0.383 e. The number of nitrogens with zero attached hydrogens (tertiary/aromatic N) is 6. The molecule has 10 heteroatoms. The fourth-order valence-electron chi connectivity index (χ4n) is 4.47. The molecule has 1 aliphatic rings. The predicted octanol–water partition coefficient (Wildman–Crippen LogP) is 3.51. The van der Waals surface area contributed by atoms with Gasteiger partial charge < -0.3 is 10.6 Å². The zero-order chi connectivity index (χ0) is 25.6. The first-order valence-corrected chi connectivity index (χ1v) is 11.9. The van der Waals surface area contributed by atoms with Crippen molar-refractivity contribution in [2.75, 3.05) is 18.8 Å². The Morgan fingerprint density at radius 1 is 1.28 bits per heavy atom. The van der Waals surface area contributed by atoms with E-state index in [1.54, 1.807) is 26.5 Å². The largest absolute Gasteiger partial charge is 0.383 e. The fraction of sp³-hybridized carbons (Fsp3) is 0.269. The van der Waals surface area contributed by atoms with Crippen molar-refractivity contribution in [3.05, 3.63) is 65.2 Å². The van der Waals surface area contributed by atoms with Gasteiger partial charge in [-0.15, -0.1) is 0 Å². The number of rotatable bonds is 4. The van der Waals surface area contributed by atoms with Gasteiger partial charge in [0, 0.05) is 37.0 Å². The normalized spacial score (nSPS) is 15.4. The summed E-state index contributed by atoms with van der Waals surface area (Å²) in [5, 5.41) is 10.1. The number of nitrogens with two attached hydrogens (primary N) is 1. The Hall–Kier alpha value is -4.16. The van der Waals surface area contributed by atoms with Crippen molar-refractivity contribution in [1.82, 2.24) is 29.3 Å². The SMILES string of the molecule is C=CC(=O)N1CC[C@H](n2nc(C#Cc3ccc4c(Cl)cnn4c3)c3c(N)ncc(C(=O)C(C)C)c32)C1. The second-order valence-electron chi connectivity index (χ2n) is 9.01. The number of nitrogen functional groups attached to an aromatic ring is 1. The maximum absolute atomic E-state index is 13.1. The summed E-state index contributed by atoms with van der Waals surface area (Å²) in [4.78, 5) is 31.3. The molecule has 182 valence electrons. The van der Waals surface area contributed by atoms with Gasteiger partial charge in [-0.2, -0.15) is 10.2 Å². The van der Waals surface area contributed by atoms with Gasteiger partial charge in [0.1, 0.15) is 11.5 Å². The molecule has 36 heavy (non-hydrogen) atoms. The summed E-state index contributed by atoms with van der Waals surface area (Å²) in [5.41, 5.74) is 9.24. The van der Waals surface area contributed by atoms with E-state index in [0.717, 1.165) is 5.52 Å². The van der Waals surface area contributed by atoms with Crippen LogP contribution in [0.4, 0.5) is 5.82 Å². The molecular formula is C26H24ClN7O2. The predicted molar refractivity (Wildman–Crippen MR) is 138 cm³/mol. The van der Waals surface area contributed by atoms with Crippen LogP contribution in [0.5, 0.6) is 0 Å². The number of aromatic nitrogens is 5. The number of halogens is 1. The third kappa shape index (κ3) is 3.99. The van der Waals surface area contributed by atoms with Crippen LogP contribution in [-0.4, -0.2) is 54.1 Å². The highest BCUT2D eigenvalue weighted by Crippen LogP contribution is 2.33. The van der Waals surface area contributed by atoms with E-state index >= 15 is 0 Å². The molecule has 4 aromatic rings. The van der Waals surface area contributed by atoms with E-state index in [9.17, 15) is 9.59 Å². The van der Waals surface area contributed by atoms with Crippen molar-refractivity contribution in [3.63, 3.8) is 0 Å². The minimum absolute atomic E-state index is 0.0637. The van der Waals surface area contributed by atoms with Crippen LogP contribution in [0.2, 0.25) is 5.02 Å². The average molecular weight is 502 g/mol. The second-order valence-corrected chi connectivity index (χ2v) is 9.42. The first-order valence-electron chi connectivity index (χ1n) is 11.6. The highest BCUT2D eigenvalue weighted by molar-refractivity contribution is 6.33. The third-order valence-corrected chi connectivity index (χ3v) is 6.63. The summed E-state index contributed by atoms with van der Waals surface area (Å²) in [6.07, 6.45) is 6.84. The lowest BCUT2D eigenvalue weighted by Gasteiger charge is -2.16. The van der Waals surface area contributed by atoms with E-state index in [0.29, 0.717) is 52.3 Å². The van der Waals surface area contributed by atoms with Crippen LogP contribution in [0.15, 0.2) is 43.4 Å². The summed E-state index contributed by atoms with van der Waals surface area (Å²) in [5.74, 6) is 6.03. The van der Waals surface area contributed by atoms with E-state index in [-0.39, 0.29) is 29.5 Å². The second kappa shape index (κ2) is 9.13. The quantitative estimate of drug-likeness (QED) is 0.260. The van der Waals surface area contributed by atoms with Gasteiger partial charge in [0.25, 0.3) is 0 Å². The van der Waals surface area contributed by atoms with E-state index in [2.05, 4.69) is 28.5 Å². The van der Waals surface area contributed by atoms with Crippen molar-refractivity contribution in [3.8, 4) is 11.8 Å². The molecule has 1 atom stereocenters. The van der Waals surface area contributed by atoms with Crippen LogP contribution >= 0.6 is 11.6 Å². The smallest absolute Gasteiger partial charge is 0.246 e. The zero-order valence-corrected chi connectivity index (χ0v) is 20.7. The van der Waals surface area contributed by atoms with Crippen molar-refractivity contribution >= 4 is 45.5 Å². The number of carbonyl (C=O) groups is 2. The molecule has 1 fully saturated rings. The van der Waals surface area contributed by atoms with E-state index in [4.69, 9.17) is 22.4 Å². The maximum Gasteiger partial charge on any atom is 0.246 e. The first-order chi connectivity index (χ1) is 17.3. The highest BCUT2D eigenvalue weighted by atomic mass is 35.5. The molecule has 5 heterocycles. The molecular weight excluding hydrogens is 478 g/mol. The Labute approximate surface area is 212 Å². The van der Waals surface area contributed by atoms with Gasteiger partial charge in [-0.3, -0.25) is 14.3 Å². The van der Waals surface area contributed by atoms with Crippen molar-refractivity contribution < 1.29 is 9.59 Å². The number of likely N-dealkylation sites (tertiary alicyclic amines) is 1. The van der Waals surface area contributed by atoms with Gasteiger partial charge in [-0.1, -0.05) is 37.9 Å². The lowest BCUT2D eigenvalue weighted by atomic mass is 10.00. The van der Waals surface area contributed by atoms with Crippen molar-refractivity contribution in [2.24, 2.45) is 5.92 Å². The lowest BCUT2D eigenvalue weighted by Crippen LogP contribution is -2.27. The Bertz CT molecular complexity index is 1610. The Kier molecular flexibility index (Phi) is 5.98. The number of anilines is 1. The third-order valence-electron chi connectivity index (χ3n) is 6.33. The van der Waals surface area contributed by atoms with Crippen LogP contribution < -0.4 is 5.73 Å². The molecule has 5 rings (SSSR count). The van der Waals surface area contributed by atoms with E-state index in [1.165, 1.54) is 12.3 Å². The lowest BCUT2D eigenvalue weighted by molar-refractivity contribution is -0.125. The van der Waals surface area contributed by atoms with Gasteiger partial charge in [-0.25, -0.2) is 9.50 Å². The van der Waals surface area contributed by atoms with Crippen LogP contribution in [0.25, 0.3) is 16.4 Å². The molecule has 0 aromatic carbocycles. The molecule has 1 saturated heterocycles. The first kappa shape index (κ1) is 23.6. The van der Waals surface area contributed by atoms with Gasteiger partial charge in [-0.05, 0) is 30.6 Å². The molecule has 0 saturated carbocycles. The summed E-state index contributed by atoms with van der Waals surface area (Å²) in [7, 11) is 0. The molecule has 4 aromatic heterocycles. The fourth-order valence-corrected chi connectivity index (χ4v) is 4.66. The Balaban J connectivity index is 1.65. The molecule has 9 nitrogen and oxygen atoms in total. The van der Waals surface area contributed by atoms with Crippen LogP contribution in [0, 0.1) is 17.8 Å². The molecule has 1 aliphatic heterocycles. The standard InChI is InChI=1S/C26H24ClN7O2/c1-4-22(35)32-10-9-17(14-32)34-24-18(25(36)15(2)3)11-29-26(28)23(24)20(31-34)7-5-16-6-8-21-19(27)12-30-33(21)13-16/h4,6,8,11-13,15,17H,1,9-10,14H2,2-3H3,(H2,28,29)/t17-/m0/s1. The van der Waals surface area contributed by atoms with Gasteiger partial charge in [0.05, 0.1) is 39.2 Å². The van der Waals surface area contributed by atoms with Crippen LogP contribution in [0.1, 0.15) is 47.9 Å². The molecule has 2 N–H and O–H groups in total. The van der Waals surface area contributed by atoms with Gasteiger partial charge >= 0.3 is 0 Å². The molecule has 0 bridgehead atoms. The number of pyridine rings is 2. The molecule has 1 amide bonds. The van der Waals surface area contributed by atoms with E-state index in [1.807, 2.05) is 26.0 Å². The van der Waals surface area contributed by atoms with Crippen LogP contribution in [0.3, 0.4) is 0 Å². The van der Waals surface area contributed by atoms with Gasteiger partial charge in [0.15, 0.2) is 5.78 Å². The number of ketones is 1. The monoisotopic (exact) mass is 501 g/mol. The molecule has 0 unspecified atom stereocenters.